The second-order valence-corrected chi connectivity index (χ2v) is 5.06. The molecular weight excluding hydrogens is 274 g/mol. The number of nitrogens with one attached hydrogen (secondary N) is 1. The minimum Gasteiger partial charge on any atom is -0.471 e. The summed E-state index contributed by atoms with van der Waals surface area (Å²) < 4.78 is 5.74. The molecule has 0 bridgehead atoms. The summed E-state index contributed by atoms with van der Waals surface area (Å²) >= 11 is 0. The van der Waals surface area contributed by atoms with Crippen LogP contribution in [0, 0.1) is 0 Å². The molecule has 112 valence electrons. The summed E-state index contributed by atoms with van der Waals surface area (Å²) in [6, 6.07) is 2.92. The Labute approximate surface area is 122 Å². The number of carbonyl (C=O) groups excluding carboxylic acids is 2. The number of likely N-dealkylation sites (tertiary alicyclic amines) is 1. The van der Waals surface area contributed by atoms with Crippen molar-refractivity contribution < 1.29 is 14.3 Å². The van der Waals surface area contributed by atoms with Gasteiger partial charge < -0.3 is 15.0 Å². The van der Waals surface area contributed by atoms with Crippen LogP contribution in [-0.2, 0) is 0 Å². The molecule has 21 heavy (non-hydrogen) atoms. The number of imide groups is 1. The number of piperidine rings is 1. The smallest absolute Gasteiger partial charge is 0.328 e. The fraction of sp³-hybridized carbons (Fsp3) is 0.538. The van der Waals surface area contributed by atoms with Gasteiger partial charge in [-0.25, -0.2) is 14.5 Å². The molecule has 3 rings (SSSR count). The minimum absolute atomic E-state index is 0.120. The summed E-state index contributed by atoms with van der Waals surface area (Å²) in [4.78, 5) is 26.8. The van der Waals surface area contributed by atoms with Gasteiger partial charge in [0.1, 0.15) is 6.10 Å². The zero-order valence-corrected chi connectivity index (χ0v) is 11.6. The number of nitrogens with zero attached hydrogens (tertiary/aromatic N) is 4. The van der Waals surface area contributed by atoms with Crippen molar-refractivity contribution in [3.05, 3.63) is 18.3 Å². The summed E-state index contributed by atoms with van der Waals surface area (Å²) in [5.74, 6) is 0.454. The van der Waals surface area contributed by atoms with Gasteiger partial charge in [-0.2, -0.15) is 5.10 Å². The lowest BCUT2D eigenvalue weighted by atomic mass is 10.1. The van der Waals surface area contributed by atoms with Crippen LogP contribution in [0.4, 0.5) is 9.59 Å². The van der Waals surface area contributed by atoms with Crippen molar-refractivity contribution in [2.24, 2.45) is 0 Å². The van der Waals surface area contributed by atoms with Gasteiger partial charge in [0.05, 0.1) is 6.54 Å². The Morgan fingerprint density at radius 1 is 1.43 bits per heavy atom. The Balaban J connectivity index is 1.60. The molecule has 0 spiro atoms. The molecule has 3 heterocycles. The van der Waals surface area contributed by atoms with Crippen LogP contribution in [0.25, 0.3) is 0 Å². The summed E-state index contributed by atoms with van der Waals surface area (Å²) in [6.07, 6.45) is 3.15. The van der Waals surface area contributed by atoms with E-state index in [1.54, 1.807) is 23.2 Å². The van der Waals surface area contributed by atoms with Crippen molar-refractivity contribution in [1.29, 1.82) is 0 Å². The van der Waals surface area contributed by atoms with Crippen molar-refractivity contribution in [3.8, 4) is 5.88 Å². The van der Waals surface area contributed by atoms with E-state index in [-0.39, 0.29) is 18.2 Å². The molecule has 8 nitrogen and oxygen atoms in total. The maximum Gasteiger partial charge on any atom is 0.328 e. The van der Waals surface area contributed by atoms with Crippen molar-refractivity contribution in [1.82, 2.24) is 25.3 Å². The molecule has 1 aromatic rings. The number of ether oxygens (including phenoxy) is 1. The Morgan fingerprint density at radius 3 is 3.05 bits per heavy atom. The van der Waals surface area contributed by atoms with Gasteiger partial charge in [0.2, 0.25) is 5.88 Å². The summed E-state index contributed by atoms with van der Waals surface area (Å²) in [5, 5.41) is 10.3. The fourth-order valence-electron chi connectivity index (χ4n) is 2.55. The van der Waals surface area contributed by atoms with Crippen LogP contribution in [0.3, 0.4) is 0 Å². The highest BCUT2D eigenvalue weighted by Crippen LogP contribution is 2.17. The highest BCUT2D eigenvalue weighted by atomic mass is 16.5. The quantitative estimate of drug-likeness (QED) is 0.855. The molecule has 1 N–H and O–H groups in total. The molecular formula is C13H17N5O3. The highest BCUT2D eigenvalue weighted by molar-refractivity contribution is 5.95. The predicted molar refractivity (Wildman–Crippen MR) is 72.8 cm³/mol. The van der Waals surface area contributed by atoms with Gasteiger partial charge in [0, 0.05) is 31.9 Å². The SMILES string of the molecule is O=C1NCCN1C(=O)N1CCC[C@H](Oc2cccnn2)C1. The predicted octanol–water partition coefficient (Wildman–Crippen LogP) is 0.465. The third-order valence-corrected chi connectivity index (χ3v) is 3.57. The number of amides is 4. The van der Waals surface area contributed by atoms with Crippen molar-refractivity contribution in [2.75, 3.05) is 26.2 Å². The van der Waals surface area contributed by atoms with Gasteiger partial charge in [-0.05, 0) is 18.9 Å². The van der Waals surface area contributed by atoms with E-state index >= 15 is 0 Å². The molecule has 1 aromatic heterocycles. The Bertz CT molecular complexity index is 524. The van der Waals surface area contributed by atoms with Crippen LogP contribution in [0.15, 0.2) is 18.3 Å². The molecule has 0 unspecified atom stereocenters. The lowest BCUT2D eigenvalue weighted by Gasteiger charge is -2.34. The first-order valence-corrected chi connectivity index (χ1v) is 7.02. The lowest BCUT2D eigenvalue weighted by Crippen LogP contribution is -2.50. The van der Waals surface area contributed by atoms with Gasteiger partial charge in [-0.1, -0.05) is 0 Å². The molecule has 2 fully saturated rings. The standard InChI is InChI=1S/C13H17N5O3/c19-12-14-6-8-18(12)13(20)17-7-2-3-10(9-17)21-11-4-1-5-15-16-11/h1,4-5,10H,2-3,6-9H2,(H,14,19)/t10-/m0/s1. The number of hydrogen-bond donors (Lipinski definition) is 1. The summed E-state index contributed by atoms with van der Waals surface area (Å²) in [5.41, 5.74) is 0. The van der Waals surface area contributed by atoms with Gasteiger partial charge in [-0.15, -0.1) is 5.10 Å². The van der Waals surface area contributed by atoms with Crippen LogP contribution in [-0.4, -0.2) is 64.3 Å². The number of rotatable bonds is 2. The first-order chi connectivity index (χ1) is 10.2. The second kappa shape index (κ2) is 5.94. The summed E-state index contributed by atoms with van der Waals surface area (Å²) in [6.45, 7) is 2.03. The molecule has 0 aromatic carbocycles. The van der Waals surface area contributed by atoms with E-state index in [1.807, 2.05) is 0 Å². The van der Waals surface area contributed by atoms with E-state index in [4.69, 9.17) is 4.74 Å². The largest absolute Gasteiger partial charge is 0.471 e. The van der Waals surface area contributed by atoms with E-state index < -0.39 is 0 Å². The van der Waals surface area contributed by atoms with Gasteiger partial charge in [-0.3, -0.25) is 0 Å². The maximum absolute atomic E-state index is 12.3. The van der Waals surface area contributed by atoms with E-state index in [0.717, 1.165) is 12.8 Å². The number of carbonyl (C=O) groups is 2. The van der Waals surface area contributed by atoms with Crippen molar-refractivity contribution in [2.45, 2.75) is 18.9 Å². The Hall–Kier alpha value is -2.38. The van der Waals surface area contributed by atoms with E-state index in [0.29, 0.717) is 32.1 Å². The Kier molecular flexibility index (Phi) is 3.85. The molecule has 0 aliphatic carbocycles. The van der Waals surface area contributed by atoms with Gasteiger partial charge >= 0.3 is 12.1 Å². The van der Waals surface area contributed by atoms with Crippen LogP contribution >= 0.6 is 0 Å². The van der Waals surface area contributed by atoms with Gasteiger partial charge in [0.15, 0.2) is 0 Å². The molecule has 1 atom stereocenters. The van der Waals surface area contributed by atoms with Crippen molar-refractivity contribution >= 4 is 12.1 Å². The molecule has 4 amide bonds. The second-order valence-electron chi connectivity index (χ2n) is 5.06. The fourth-order valence-corrected chi connectivity index (χ4v) is 2.55. The first kappa shape index (κ1) is 13.6. The van der Waals surface area contributed by atoms with E-state index in [9.17, 15) is 9.59 Å². The third-order valence-electron chi connectivity index (χ3n) is 3.57. The van der Waals surface area contributed by atoms with E-state index in [1.165, 1.54) is 4.90 Å². The van der Waals surface area contributed by atoms with E-state index in [2.05, 4.69) is 15.5 Å². The Morgan fingerprint density at radius 2 is 2.33 bits per heavy atom. The maximum atomic E-state index is 12.3. The molecule has 2 aliphatic rings. The zero-order valence-electron chi connectivity index (χ0n) is 11.6. The molecule has 8 heteroatoms. The zero-order chi connectivity index (χ0) is 14.7. The van der Waals surface area contributed by atoms with Crippen LogP contribution in [0.1, 0.15) is 12.8 Å². The van der Waals surface area contributed by atoms with Crippen molar-refractivity contribution in [3.63, 3.8) is 0 Å². The number of urea groups is 2. The molecule has 2 aliphatic heterocycles. The average molecular weight is 291 g/mol. The number of aromatic nitrogens is 2. The topological polar surface area (TPSA) is 87.7 Å². The third kappa shape index (κ3) is 3.04. The average Bonchev–Trinajstić information content (AvgIpc) is 2.94. The lowest BCUT2D eigenvalue weighted by molar-refractivity contribution is 0.0875. The number of hydrogen-bond acceptors (Lipinski definition) is 5. The van der Waals surface area contributed by atoms with Crippen LogP contribution in [0.2, 0.25) is 0 Å². The highest BCUT2D eigenvalue weighted by Gasteiger charge is 2.33. The molecule has 0 radical (unpaired) electrons. The first-order valence-electron chi connectivity index (χ1n) is 7.02. The van der Waals surface area contributed by atoms with Crippen LogP contribution < -0.4 is 10.1 Å². The van der Waals surface area contributed by atoms with Gasteiger partial charge in [0.25, 0.3) is 0 Å². The molecule has 0 saturated carbocycles. The molecule has 2 saturated heterocycles. The van der Waals surface area contributed by atoms with Crippen LogP contribution in [0.5, 0.6) is 5.88 Å². The normalized spacial score (nSPS) is 22.1. The summed E-state index contributed by atoms with van der Waals surface area (Å²) in [7, 11) is 0. The monoisotopic (exact) mass is 291 g/mol. The minimum atomic E-state index is -0.322.